The second-order valence-electron chi connectivity index (χ2n) is 8.60. The first-order valence-electron chi connectivity index (χ1n) is 13.2. The van der Waals surface area contributed by atoms with E-state index in [2.05, 4.69) is 27.2 Å². The van der Waals surface area contributed by atoms with Crippen molar-refractivity contribution >= 4 is 17.2 Å². The molecule has 2 aliphatic rings. The summed E-state index contributed by atoms with van der Waals surface area (Å²) >= 11 is 0. The summed E-state index contributed by atoms with van der Waals surface area (Å²) in [6.07, 6.45) is 6.71. The van der Waals surface area contributed by atoms with Crippen LogP contribution in [0.2, 0.25) is 0 Å². The lowest BCUT2D eigenvalue weighted by atomic mass is 10.1. The molecule has 0 amide bonds. The maximum atomic E-state index is 12.5. The maximum Gasteiger partial charge on any atom is 0.267 e. The molecule has 8 nitrogen and oxygen atoms in total. The van der Waals surface area contributed by atoms with E-state index in [1.54, 1.807) is 12.1 Å². The van der Waals surface area contributed by atoms with Gasteiger partial charge in [-0.1, -0.05) is 39.3 Å². The van der Waals surface area contributed by atoms with Crippen LogP contribution < -0.4 is 10.9 Å². The number of aromatic nitrogens is 2. The van der Waals surface area contributed by atoms with E-state index in [0.717, 1.165) is 48.9 Å². The van der Waals surface area contributed by atoms with Crippen LogP contribution in [0.25, 0.3) is 0 Å². The molecule has 1 aromatic heterocycles. The van der Waals surface area contributed by atoms with E-state index in [1.165, 1.54) is 23.9 Å². The van der Waals surface area contributed by atoms with Crippen LogP contribution in [0.5, 0.6) is 0 Å². The van der Waals surface area contributed by atoms with Gasteiger partial charge in [0.2, 0.25) is 0 Å². The molecule has 0 radical (unpaired) electrons. The number of likely N-dealkylation sites (tertiary alicyclic amines) is 1. The first-order chi connectivity index (χ1) is 17.6. The SMILES string of the molecule is CC.CC/C=C(\Nc1cccc(Cn2nc(C3=NCC(CN4CCCCC4)=N3)ccc2=O)c1)OCC. The first kappa shape index (κ1) is 27.3. The summed E-state index contributed by atoms with van der Waals surface area (Å²) in [5.74, 6) is 1.35. The Morgan fingerprint density at radius 1 is 1.08 bits per heavy atom. The van der Waals surface area contributed by atoms with Gasteiger partial charge in [-0.15, -0.1) is 0 Å². The highest BCUT2D eigenvalue weighted by Gasteiger charge is 2.18. The predicted molar refractivity (Wildman–Crippen MR) is 148 cm³/mol. The number of rotatable bonds is 10. The predicted octanol–water partition coefficient (Wildman–Crippen LogP) is 4.70. The van der Waals surface area contributed by atoms with Gasteiger partial charge in [0.15, 0.2) is 11.7 Å². The van der Waals surface area contributed by atoms with Gasteiger partial charge in [0.25, 0.3) is 5.56 Å². The highest BCUT2D eigenvalue weighted by Crippen LogP contribution is 2.15. The minimum absolute atomic E-state index is 0.154. The van der Waals surface area contributed by atoms with Gasteiger partial charge in [-0.3, -0.25) is 14.7 Å². The van der Waals surface area contributed by atoms with Crippen LogP contribution in [0.3, 0.4) is 0 Å². The molecule has 1 fully saturated rings. The zero-order valence-electron chi connectivity index (χ0n) is 22.2. The lowest BCUT2D eigenvalue weighted by Crippen LogP contribution is -2.34. The molecule has 4 rings (SSSR count). The summed E-state index contributed by atoms with van der Waals surface area (Å²) in [5.41, 5.74) is 3.42. The number of hydrogen-bond donors (Lipinski definition) is 1. The van der Waals surface area contributed by atoms with Crippen molar-refractivity contribution in [3.63, 3.8) is 0 Å². The topological polar surface area (TPSA) is 84.1 Å². The molecule has 194 valence electrons. The summed E-state index contributed by atoms with van der Waals surface area (Å²) in [6, 6.07) is 11.2. The van der Waals surface area contributed by atoms with Crippen LogP contribution in [0, 0.1) is 0 Å². The van der Waals surface area contributed by atoms with E-state index in [0.29, 0.717) is 31.2 Å². The maximum absolute atomic E-state index is 12.5. The lowest BCUT2D eigenvalue weighted by Gasteiger charge is -2.25. The van der Waals surface area contributed by atoms with Crippen molar-refractivity contribution in [3.8, 4) is 0 Å². The molecule has 8 heteroatoms. The van der Waals surface area contributed by atoms with E-state index >= 15 is 0 Å². The molecule has 2 aromatic rings. The zero-order valence-corrected chi connectivity index (χ0v) is 22.2. The number of amidine groups is 1. The van der Waals surface area contributed by atoms with Gasteiger partial charge in [0.05, 0.1) is 25.4 Å². The molecular weight excluding hydrogens is 452 g/mol. The van der Waals surface area contributed by atoms with Crippen molar-refractivity contribution in [2.75, 3.05) is 38.1 Å². The number of allylic oxidation sites excluding steroid dienone is 1. The molecule has 2 aliphatic heterocycles. The third-order valence-corrected chi connectivity index (χ3v) is 5.84. The third kappa shape index (κ3) is 7.88. The molecule has 3 heterocycles. The molecule has 0 atom stereocenters. The van der Waals surface area contributed by atoms with E-state index in [-0.39, 0.29) is 5.56 Å². The Balaban J connectivity index is 0.00000176. The third-order valence-electron chi connectivity index (χ3n) is 5.84. The molecule has 0 spiro atoms. The fourth-order valence-electron chi connectivity index (χ4n) is 4.22. The number of nitrogens with one attached hydrogen (secondary N) is 1. The van der Waals surface area contributed by atoms with Crippen LogP contribution in [-0.2, 0) is 11.3 Å². The number of hydrogen-bond acceptors (Lipinski definition) is 7. The van der Waals surface area contributed by atoms with Crippen molar-refractivity contribution in [1.82, 2.24) is 14.7 Å². The highest BCUT2D eigenvalue weighted by molar-refractivity contribution is 6.11. The highest BCUT2D eigenvalue weighted by atomic mass is 16.5. The van der Waals surface area contributed by atoms with E-state index in [1.807, 2.05) is 51.1 Å². The fraction of sp³-hybridized carbons (Fsp3) is 0.500. The Hall–Kier alpha value is -3.26. The molecule has 0 unspecified atom stereocenters. The van der Waals surface area contributed by atoms with Crippen LogP contribution in [0.1, 0.15) is 64.6 Å². The number of piperidine rings is 1. The Morgan fingerprint density at radius 3 is 2.64 bits per heavy atom. The molecule has 0 bridgehead atoms. The van der Waals surface area contributed by atoms with Gasteiger partial charge in [0.1, 0.15) is 5.69 Å². The molecule has 1 saturated heterocycles. The Labute approximate surface area is 214 Å². The van der Waals surface area contributed by atoms with E-state index < -0.39 is 0 Å². The Morgan fingerprint density at radius 2 is 1.89 bits per heavy atom. The van der Waals surface area contributed by atoms with Crippen molar-refractivity contribution in [3.05, 3.63) is 70.0 Å². The summed E-state index contributed by atoms with van der Waals surface area (Å²) in [4.78, 5) is 24.3. The second kappa shape index (κ2) is 14.3. The van der Waals surface area contributed by atoms with Gasteiger partial charge in [-0.05, 0) is 69.1 Å². The monoisotopic (exact) mass is 492 g/mol. The molecule has 0 aliphatic carbocycles. The summed E-state index contributed by atoms with van der Waals surface area (Å²) in [6.45, 7) is 12.7. The smallest absolute Gasteiger partial charge is 0.267 e. The average Bonchev–Trinajstić information content (AvgIpc) is 3.36. The minimum atomic E-state index is -0.154. The number of benzene rings is 1. The van der Waals surface area contributed by atoms with E-state index in [4.69, 9.17) is 9.73 Å². The number of ether oxygens (including phenoxy) is 1. The van der Waals surface area contributed by atoms with E-state index in [9.17, 15) is 4.79 Å². The lowest BCUT2D eigenvalue weighted by molar-refractivity contribution is 0.233. The summed E-state index contributed by atoms with van der Waals surface area (Å²) in [7, 11) is 0. The zero-order chi connectivity index (χ0) is 25.8. The molecular formula is C28H40N6O2. The number of anilines is 1. The van der Waals surface area contributed by atoms with Gasteiger partial charge in [-0.25, -0.2) is 9.67 Å². The van der Waals surface area contributed by atoms with Crippen molar-refractivity contribution in [2.24, 2.45) is 9.98 Å². The Kier molecular flexibility index (Phi) is 10.9. The molecule has 1 N–H and O–H groups in total. The molecule has 0 saturated carbocycles. The molecule has 36 heavy (non-hydrogen) atoms. The average molecular weight is 493 g/mol. The van der Waals surface area contributed by atoms with Gasteiger partial charge in [0, 0.05) is 18.3 Å². The van der Waals surface area contributed by atoms with Gasteiger partial charge in [-0.2, -0.15) is 5.10 Å². The quantitative estimate of drug-likeness (QED) is 0.486. The van der Waals surface area contributed by atoms with Crippen LogP contribution in [0.4, 0.5) is 5.69 Å². The van der Waals surface area contributed by atoms with Crippen LogP contribution in [-0.4, -0.2) is 59.0 Å². The Bertz CT molecular complexity index is 1130. The van der Waals surface area contributed by atoms with Crippen molar-refractivity contribution in [2.45, 2.75) is 59.9 Å². The summed E-state index contributed by atoms with van der Waals surface area (Å²) in [5, 5.41) is 7.88. The fourth-order valence-corrected chi connectivity index (χ4v) is 4.22. The van der Waals surface area contributed by atoms with Crippen molar-refractivity contribution < 1.29 is 4.74 Å². The number of nitrogens with zero attached hydrogens (tertiary/aromatic N) is 5. The second-order valence-corrected chi connectivity index (χ2v) is 8.60. The van der Waals surface area contributed by atoms with Crippen LogP contribution >= 0.6 is 0 Å². The van der Waals surface area contributed by atoms with Gasteiger partial charge < -0.3 is 10.1 Å². The van der Waals surface area contributed by atoms with Gasteiger partial charge >= 0.3 is 0 Å². The molecule has 1 aromatic carbocycles. The normalized spacial score (nSPS) is 16.1. The van der Waals surface area contributed by atoms with Crippen LogP contribution in [0.15, 0.2) is 63.1 Å². The summed E-state index contributed by atoms with van der Waals surface area (Å²) < 4.78 is 7.12. The first-order valence-corrected chi connectivity index (χ1v) is 13.2. The van der Waals surface area contributed by atoms with Crippen molar-refractivity contribution in [1.29, 1.82) is 0 Å². The standard InChI is InChI=1S/C26H34N6O2.C2H6/c1-3-9-24(34-4-2)28-21-11-8-10-20(16-21)18-32-25(33)13-12-23(30-32)26-27-17-22(29-26)19-31-14-6-5-7-15-31;1-2/h8-13,16,28H,3-7,14-15,17-19H2,1-2H3;1-2H3/b24-9+;. The number of aliphatic imine (C=N–C) groups is 2. The largest absolute Gasteiger partial charge is 0.479 e. The minimum Gasteiger partial charge on any atom is -0.479 e.